The van der Waals surface area contributed by atoms with Gasteiger partial charge >= 0.3 is 0 Å². The van der Waals surface area contributed by atoms with E-state index >= 15 is 0 Å². The minimum atomic E-state index is -0.155. The molecule has 0 unspecified atom stereocenters. The Bertz CT molecular complexity index is 1310. The average Bonchev–Trinajstić information content (AvgIpc) is 3.35. The van der Waals surface area contributed by atoms with E-state index in [9.17, 15) is 4.79 Å². The van der Waals surface area contributed by atoms with Crippen molar-refractivity contribution in [2.45, 2.75) is 20.8 Å². The van der Waals surface area contributed by atoms with Crippen molar-refractivity contribution in [3.05, 3.63) is 71.9 Å². The number of aromatic nitrogens is 3. The highest BCUT2D eigenvalue weighted by atomic mass is 16.5. The highest BCUT2D eigenvalue weighted by molar-refractivity contribution is 6.00. The summed E-state index contributed by atoms with van der Waals surface area (Å²) >= 11 is 0. The number of methoxy groups -OCH3 is 1. The summed E-state index contributed by atoms with van der Waals surface area (Å²) in [6.07, 6.45) is 15.3. The van der Waals surface area contributed by atoms with Gasteiger partial charge in [0.2, 0.25) is 0 Å². The largest absolute Gasteiger partial charge is 0.501 e. The van der Waals surface area contributed by atoms with Crippen LogP contribution in [0.25, 0.3) is 28.2 Å². The van der Waals surface area contributed by atoms with Crippen molar-refractivity contribution in [2.24, 2.45) is 0 Å². The number of likely N-dealkylation sites (N-methyl/N-ethyl adjacent to an activating group) is 2. The third-order valence-electron chi connectivity index (χ3n) is 5.88. The second kappa shape index (κ2) is 16.9. The van der Waals surface area contributed by atoms with Crippen LogP contribution in [0.15, 0.2) is 60.8 Å². The number of amides is 1. The zero-order valence-electron chi connectivity index (χ0n) is 25.2. The average molecular weight is 548 g/mol. The summed E-state index contributed by atoms with van der Waals surface area (Å²) in [5.41, 5.74) is 4.04. The number of nitrogens with zero attached hydrogens (tertiary/aromatic N) is 4. The molecule has 9 heteroatoms. The topological polar surface area (TPSA) is 98.4 Å². The number of carbonyl (C=O) groups is 1. The van der Waals surface area contributed by atoms with E-state index in [0.717, 1.165) is 46.6 Å². The van der Waals surface area contributed by atoms with E-state index in [0.29, 0.717) is 24.5 Å². The number of rotatable bonds is 13. The summed E-state index contributed by atoms with van der Waals surface area (Å²) in [7, 11) is 9.63. The zero-order valence-corrected chi connectivity index (χ0v) is 25.2. The number of hydrogen-bond acceptors (Lipinski definition) is 7. The maximum absolute atomic E-state index is 13.1. The Hall–Kier alpha value is -3.95. The van der Waals surface area contributed by atoms with Crippen molar-refractivity contribution >= 4 is 28.8 Å². The minimum absolute atomic E-state index is 0.155. The van der Waals surface area contributed by atoms with E-state index in [4.69, 9.17) is 4.74 Å². The first kappa shape index (κ1) is 32.3. The van der Waals surface area contributed by atoms with Crippen LogP contribution in [0.1, 0.15) is 36.7 Å². The van der Waals surface area contributed by atoms with Crippen molar-refractivity contribution in [2.75, 3.05) is 66.8 Å². The molecular weight excluding hydrogens is 502 g/mol. The van der Waals surface area contributed by atoms with Gasteiger partial charge in [-0.1, -0.05) is 38.2 Å². The lowest BCUT2D eigenvalue weighted by Crippen LogP contribution is -2.32. The standard InChI is InChI=1S/C29H39N7O2.C2H6/c1-21(38-6)10-8-7-9-11-22-18-32-27-25(22)16-23(19-33-27)24-17-26(29(37)31-13-15-36(4)5)28(34-20-24)30-12-14-35(2)3;1-2/h7-11,16-20H,12-15H2,1-6H3,(H,30,34)(H,31,37)(H,32,33);1-2H3/b8-7-,11-9+,21-10+;. The van der Waals surface area contributed by atoms with Crippen molar-refractivity contribution < 1.29 is 9.53 Å². The molecule has 3 N–H and O–H groups in total. The van der Waals surface area contributed by atoms with E-state index in [1.54, 1.807) is 19.5 Å². The Kier molecular flexibility index (Phi) is 13.6. The number of allylic oxidation sites excluding steroid dienone is 5. The molecule has 3 aromatic rings. The molecule has 1 amide bonds. The van der Waals surface area contributed by atoms with Gasteiger partial charge in [-0.25, -0.2) is 9.97 Å². The van der Waals surface area contributed by atoms with Crippen LogP contribution >= 0.6 is 0 Å². The fourth-order valence-corrected chi connectivity index (χ4v) is 3.62. The highest BCUT2D eigenvalue weighted by Gasteiger charge is 2.15. The molecule has 0 aliphatic carbocycles. The van der Waals surface area contributed by atoms with Gasteiger partial charge in [0.05, 0.1) is 18.4 Å². The first-order valence-electron chi connectivity index (χ1n) is 13.6. The number of pyridine rings is 2. The van der Waals surface area contributed by atoms with E-state index in [2.05, 4.69) is 36.6 Å². The highest BCUT2D eigenvalue weighted by Crippen LogP contribution is 2.27. The van der Waals surface area contributed by atoms with Gasteiger partial charge in [0.15, 0.2) is 0 Å². The van der Waals surface area contributed by atoms with Gasteiger partial charge in [0.25, 0.3) is 5.91 Å². The Morgan fingerprint density at radius 2 is 1.65 bits per heavy atom. The Labute approximate surface area is 239 Å². The number of nitrogens with one attached hydrogen (secondary N) is 3. The van der Waals surface area contributed by atoms with Crippen molar-refractivity contribution in [3.63, 3.8) is 0 Å². The molecule has 0 saturated carbocycles. The predicted octanol–water partition coefficient (Wildman–Crippen LogP) is 5.04. The van der Waals surface area contributed by atoms with Crippen molar-refractivity contribution in [1.29, 1.82) is 0 Å². The van der Waals surface area contributed by atoms with Crippen LogP contribution in [0, 0.1) is 0 Å². The maximum atomic E-state index is 13.1. The quantitative estimate of drug-likeness (QED) is 0.204. The summed E-state index contributed by atoms with van der Waals surface area (Å²) in [6, 6.07) is 3.95. The molecule has 216 valence electrons. The lowest BCUT2D eigenvalue weighted by atomic mass is 10.0. The fourth-order valence-electron chi connectivity index (χ4n) is 3.62. The normalized spacial score (nSPS) is 11.9. The Morgan fingerprint density at radius 3 is 2.35 bits per heavy atom. The summed E-state index contributed by atoms with van der Waals surface area (Å²) in [4.78, 5) is 29.7. The summed E-state index contributed by atoms with van der Waals surface area (Å²) in [5.74, 6) is 1.26. The van der Waals surface area contributed by atoms with Crippen molar-refractivity contribution in [3.8, 4) is 11.1 Å². The number of anilines is 1. The van der Waals surface area contributed by atoms with Gasteiger partial charge < -0.3 is 30.2 Å². The second-order valence-corrected chi connectivity index (χ2v) is 9.50. The molecule has 0 radical (unpaired) electrons. The molecule has 3 aromatic heterocycles. The van der Waals surface area contributed by atoms with E-state index in [1.165, 1.54) is 0 Å². The van der Waals surface area contributed by atoms with Gasteiger partial charge in [0.1, 0.15) is 11.5 Å². The van der Waals surface area contributed by atoms with Crippen LogP contribution in [0.2, 0.25) is 0 Å². The Balaban J connectivity index is 0.00000274. The molecular formula is C31H45N7O2. The molecule has 3 rings (SSSR count). The summed E-state index contributed by atoms with van der Waals surface area (Å²) in [6.45, 7) is 8.71. The smallest absolute Gasteiger partial charge is 0.255 e. The lowest BCUT2D eigenvalue weighted by molar-refractivity contribution is 0.0951. The van der Waals surface area contributed by atoms with Crippen LogP contribution in [0.4, 0.5) is 5.82 Å². The molecule has 0 atom stereocenters. The Morgan fingerprint density at radius 1 is 0.975 bits per heavy atom. The number of fused-ring (bicyclic) bond motifs is 1. The van der Waals surface area contributed by atoms with Crippen LogP contribution in [0.3, 0.4) is 0 Å². The van der Waals surface area contributed by atoms with Crippen LogP contribution < -0.4 is 10.6 Å². The van der Waals surface area contributed by atoms with Gasteiger partial charge in [-0.3, -0.25) is 4.79 Å². The zero-order chi connectivity index (χ0) is 29.5. The molecule has 40 heavy (non-hydrogen) atoms. The van der Waals surface area contributed by atoms with Gasteiger partial charge in [-0.15, -0.1) is 0 Å². The fraction of sp³-hybridized carbons (Fsp3) is 0.387. The monoisotopic (exact) mass is 547 g/mol. The SMILES string of the molecule is CC.CO/C(C)=C/C=C\C=C\c1c[nH]c2ncc(-c3cnc(NCCN(C)C)c(C(=O)NCCN(C)C)c3)cc12. The molecule has 0 spiro atoms. The third-order valence-corrected chi connectivity index (χ3v) is 5.88. The number of ether oxygens (including phenoxy) is 1. The first-order chi connectivity index (χ1) is 19.3. The number of aromatic amines is 1. The predicted molar refractivity (Wildman–Crippen MR) is 168 cm³/mol. The third kappa shape index (κ3) is 9.98. The van der Waals surface area contributed by atoms with Crippen molar-refractivity contribution in [1.82, 2.24) is 30.1 Å². The van der Waals surface area contributed by atoms with Crippen LogP contribution in [0.5, 0.6) is 0 Å². The molecule has 0 aliphatic rings. The summed E-state index contributed by atoms with van der Waals surface area (Å²) in [5, 5.41) is 7.31. The van der Waals surface area contributed by atoms with Gasteiger partial charge in [-0.05, 0) is 53.3 Å². The minimum Gasteiger partial charge on any atom is -0.501 e. The molecule has 0 aliphatic heterocycles. The van der Waals surface area contributed by atoms with Crippen LogP contribution in [-0.4, -0.2) is 92.1 Å². The second-order valence-electron chi connectivity index (χ2n) is 9.50. The molecule has 3 heterocycles. The number of carbonyl (C=O) groups excluding carboxylic acids is 1. The number of H-pyrrole nitrogens is 1. The molecule has 0 saturated heterocycles. The van der Waals surface area contributed by atoms with Crippen LogP contribution in [-0.2, 0) is 4.74 Å². The first-order valence-corrected chi connectivity index (χ1v) is 13.6. The van der Waals surface area contributed by atoms with E-state index < -0.39 is 0 Å². The van der Waals surface area contributed by atoms with Gasteiger partial charge in [0, 0.05) is 66.8 Å². The van der Waals surface area contributed by atoms with E-state index in [-0.39, 0.29) is 5.91 Å². The molecule has 0 bridgehead atoms. The molecule has 0 fully saturated rings. The van der Waals surface area contributed by atoms with Gasteiger partial charge in [-0.2, -0.15) is 0 Å². The number of hydrogen-bond donors (Lipinski definition) is 3. The molecule has 0 aromatic carbocycles. The van der Waals surface area contributed by atoms with E-state index in [1.807, 2.05) is 96.5 Å². The maximum Gasteiger partial charge on any atom is 0.255 e. The lowest BCUT2D eigenvalue weighted by Gasteiger charge is -2.16. The molecule has 9 nitrogen and oxygen atoms in total. The summed E-state index contributed by atoms with van der Waals surface area (Å²) < 4.78 is 5.14.